The van der Waals surface area contributed by atoms with E-state index in [1.165, 1.54) is 0 Å². The van der Waals surface area contributed by atoms with Gasteiger partial charge in [0.1, 0.15) is 11.6 Å². The number of para-hydroxylation sites is 1. The fourth-order valence-corrected chi connectivity index (χ4v) is 4.24. The number of anilines is 1. The van der Waals surface area contributed by atoms with Gasteiger partial charge in [-0.1, -0.05) is 60.7 Å². The zero-order valence-electron chi connectivity index (χ0n) is 19.5. The molecule has 0 aliphatic carbocycles. The summed E-state index contributed by atoms with van der Waals surface area (Å²) < 4.78 is 7.23. The molecule has 0 bridgehead atoms. The van der Waals surface area contributed by atoms with Gasteiger partial charge in [-0.2, -0.15) is 5.10 Å². The van der Waals surface area contributed by atoms with Gasteiger partial charge in [0.05, 0.1) is 25.9 Å². The number of aromatic nitrogens is 2. The van der Waals surface area contributed by atoms with Crippen LogP contribution in [0.4, 0.5) is 5.82 Å². The van der Waals surface area contributed by atoms with Crippen molar-refractivity contribution in [3.05, 3.63) is 102 Å². The summed E-state index contributed by atoms with van der Waals surface area (Å²) in [5.41, 5.74) is 4.28. The molecule has 5 rings (SSSR count). The molecule has 2 amide bonds. The normalized spacial score (nSPS) is 12.8. The lowest BCUT2D eigenvalue weighted by atomic mass is 10.1. The summed E-state index contributed by atoms with van der Waals surface area (Å²) in [4.78, 5) is 27.2. The smallest absolute Gasteiger partial charge is 0.251 e. The van der Waals surface area contributed by atoms with Crippen LogP contribution in [0.1, 0.15) is 27.9 Å². The summed E-state index contributed by atoms with van der Waals surface area (Å²) in [6.45, 7) is 1.37. The Morgan fingerprint density at radius 1 is 1.00 bits per heavy atom. The Labute approximate surface area is 204 Å². The second-order valence-electron chi connectivity index (χ2n) is 8.40. The Morgan fingerprint density at radius 2 is 1.74 bits per heavy atom. The Hall–Kier alpha value is -4.39. The van der Waals surface area contributed by atoms with Crippen molar-refractivity contribution in [2.24, 2.45) is 0 Å². The highest BCUT2D eigenvalue weighted by Gasteiger charge is 2.26. The van der Waals surface area contributed by atoms with E-state index in [2.05, 4.69) is 5.32 Å². The minimum atomic E-state index is -0.165. The molecule has 176 valence electrons. The highest BCUT2D eigenvalue weighted by atomic mass is 16.5. The summed E-state index contributed by atoms with van der Waals surface area (Å²) in [5, 5.41) is 7.64. The average Bonchev–Trinajstić information content (AvgIpc) is 3.35. The number of aryl methyl sites for hydroxylation is 1. The first-order valence-corrected chi connectivity index (χ1v) is 11.5. The van der Waals surface area contributed by atoms with E-state index in [1.54, 1.807) is 24.1 Å². The molecule has 0 spiro atoms. The molecule has 4 aromatic rings. The number of ether oxygens (including phenoxy) is 1. The number of carbonyl (C=O) groups excluding carboxylic acids is 2. The lowest BCUT2D eigenvalue weighted by Crippen LogP contribution is -2.36. The molecule has 1 N–H and O–H groups in total. The molecule has 0 saturated carbocycles. The van der Waals surface area contributed by atoms with E-state index in [-0.39, 0.29) is 11.8 Å². The van der Waals surface area contributed by atoms with E-state index in [0.717, 1.165) is 34.0 Å². The van der Waals surface area contributed by atoms with Crippen LogP contribution in [-0.2, 0) is 24.4 Å². The van der Waals surface area contributed by atoms with Crippen molar-refractivity contribution in [3.8, 4) is 17.0 Å². The summed E-state index contributed by atoms with van der Waals surface area (Å²) in [7, 11) is 1.61. The van der Waals surface area contributed by atoms with Crippen molar-refractivity contribution in [1.82, 2.24) is 15.1 Å². The van der Waals surface area contributed by atoms with Gasteiger partial charge in [-0.3, -0.25) is 14.5 Å². The van der Waals surface area contributed by atoms with Crippen LogP contribution in [0.2, 0.25) is 0 Å². The van der Waals surface area contributed by atoms with Gasteiger partial charge in [-0.15, -0.1) is 0 Å². The molecular formula is C28H26N4O3. The van der Waals surface area contributed by atoms with Crippen molar-refractivity contribution in [1.29, 1.82) is 0 Å². The summed E-state index contributed by atoms with van der Waals surface area (Å²) in [6.07, 6.45) is 0.409. The molecule has 1 aliphatic rings. The Morgan fingerprint density at radius 3 is 2.51 bits per heavy atom. The van der Waals surface area contributed by atoms with Gasteiger partial charge in [0.2, 0.25) is 5.91 Å². The lowest BCUT2D eigenvalue weighted by molar-refractivity contribution is -0.119. The first-order chi connectivity index (χ1) is 17.1. The van der Waals surface area contributed by atoms with Gasteiger partial charge < -0.3 is 10.1 Å². The van der Waals surface area contributed by atoms with Crippen LogP contribution in [0.5, 0.6) is 5.75 Å². The van der Waals surface area contributed by atoms with E-state index in [9.17, 15) is 9.59 Å². The van der Waals surface area contributed by atoms with Crippen molar-refractivity contribution >= 4 is 17.6 Å². The Kier molecular flexibility index (Phi) is 6.30. The zero-order chi connectivity index (χ0) is 24.2. The molecule has 2 heterocycles. The highest BCUT2D eigenvalue weighted by Crippen LogP contribution is 2.29. The predicted octanol–water partition coefficient (Wildman–Crippen LogP) is 4.43. The Bertz CT molecular complexity index is 1350. The molecule has 0 unspecified atom stereocenters. The van der Waals surface area contributed by atoms with E-state index in [4.69, 9.17) is 9.84 Å². The van der Waals surface area contributed by atoms with E-state index >= 15 is 0 Å². The van der Waals surface area contributed by atoms with Crippen molar-refractivity contribution in [3.63, 3.8) is 0 Å². The topological polar surface area (TPSA) is 76.5 Å². The van der Waals surface area contributed by atoms with Gasteiger partial charge in [0, 0.05) is 35.7 Å². The van der Waals surface area contributed by atoms with Gasteiger partial charge in [-0.05, 0) is 23.8 Å². The van der Waals surface area contributed by atoms with Crippen LogP contribution < -0.4 is 15.0 Å². The molecular weight excluding hydrogens is 440 g/mol. The summed E-state index contributed by atoms with van der Waals surface area (Å²) in [5.74, 6) is 1.43. The number of benzene rings is 3. The number of hydrogen-bond donors (Lipinski definition) is 1. The molecule has 1 aliphatic heterocycles. The van der Waals surface area contributed by atoms with E-state index < -0.39 is 0 Å². The first-order valence-electron chi connectivity index (χ1n) is 11.5. The van der Waals surface area contributed by atoms with Crippen LogP contribution in [0.3, 0.4) is 0 Å². The maximum Gasteiger partial charge on any atom is 0.251 e. The number of hydrogen-bond acceptors (Lipinski definition) is 4. The fraction of sp³-hybridized carbons (Fsp3) is 0.179. The van der Waals surface area contributed by atoms with Crippen LogP contribution >= 0.6 is 0 Å². The maximum absolute atomic E-state index is 12.8. The minimum Gasteiger partial charge on any atom is -0.496 e. The molecule has 3 aromatic carbocycles. The molecule has 0 atom stereocenters. The molecule has 7 nitrogen and oxygen atoms in total. The first kappa shape index (κ1) is 22.4. The van der Waals surface area contributed by atoms with Crippen LogP contribution in [-0.4, -0.2) is 28.7 Å². The minimum absolute atomic E-state index is 0.0654. The summed E-state index contributed by atoms with van der Waals surface area (Å²) >= 11 is 0. The molecule has 35 heavy (non-hydrogen) atoms. The van der Waals surface area contributed by atoms with Gasteiger partial charge in [0.25, 0.3) is 5.91 Å². The quantitative estimate of drug-likeness (QED) is 0.437. The van der Waals surface area contributed by atoms with Gasteiger partial charge >= 0.3 is 0 Å². The second-order valence-corrected chi connectivity index (χ2v) is 8.40. The third-order valence-electron chi connectivity index (χ3n) is 6.13. The molecule has 0 fully saturated rings. The van der Waals surface area contributed by atoms with Crippen LogP contribution in [0, 0.1) is 0 Å². The predicted molar refractivity (Wildman–Crippen MR) is 134 cm³/mol. The third-order valence-corrected chi connectivity index (χ3v) is 6.13. The van der Waals surface area contributed by atoms with Gasteiger partial charge in [0.15, 0.2) is 0 Å². The molecule has 1 aromatic heterocycles. The number of fused-ring (bicyclic) bond motifs is 1. The fourth-order valence-electron chi connectivity index (χ4n) is 4.24. The molecule has 0 saturated heterocycles. The molecule has 0 radical (unpaired) electrons. The van der Waals surface area contributed by atoms with Crippen LogP contribution in [0.15, 0.2) is 84.9 Å². The number of rotatable bonds is 7. The largest absolute Gasteiger partial charge is 0.496 e. The number of carbonyl (C=O) groups is 2. The van der Waals surface area contributed by atoms with E-state index in [0.29, 0.717) is 31.6 Å². The Balaban J connectivity index is 1.28. The average molecular weight is 467 g/mol. The second kappa shape index (κ2) is 9.85. The van der Waals surface area contributed by atoms with Crippen LogP contribution in [0.25, 0.3) is 11.3 Å². The number of nitrogens with zero attached hydrogens (tertiary/aromatic N) is 3. The maximum atomic E-state index is 12.8. The summed E-state index contributed by atoms with van der Waals surface area (Å²) in [6, 6.07) is 26.9. The van der Waals surface area contributed by atoms with Crippen molar-refractivity contribution in [2.45, 2.75) is 26.1 Å². The monoisotopic (exact) mass is 466 g/mol. The SMILES string of the molecule is COc1ccccc1CNC(=O)c1ccc(CN2C(=O)CCn3nc(-c4ccccc4)cc32)cc1. The standard InChI is InChI=1S/C28H26N4O3/c1-35-25-10-6-5-9-23(25)18-29-28(34)22-13-11-20(12-14-22)19-31-26-17-24(21-7-3-2-4-8-21)30-32(26)16-15-27(31)33/h2-14,17H,15-16,18-19H2,1H3,(H,29,34). The van der Waals surface area contributed by atoms with Crippen molar-refractivity contribution in [2.75, 3.05) is 12.0 Å². The van der Waals surface area contributed by atoms with Gasteiger partial charge in [-0.25, -0.2) is 4.68 Å². The highest BCUT2D eigenvalue weighted by molar-refractivity contribution is 5.95. The zero-order valence-corrected chi connectivity index (χ0v) is 19.5. The number of amides is 2. The lowest BCUT2D eigenvalue weighted by Gasteiger charge is -2.27. The van der Waals surface area contributed by atoms with Crippen molar-refractivity contribution < 1.29 is 14.3 Å². The molecule has 7 heteroatoms. The number of nitrogens with one attached hydrogen (secondary N) is 1. The number of methoxy groups -OCH3 is 1. The van der Waals surface area contributed by atoms with E-state index in [1.807, 2.05) is 77.5 Å². The third kappa shape index (κ3) is 4.80.